The molecule has 1 aromatic heterocycles. The van der Waals surface area contributed by atoms with Gasteiger partial charge >= 0.3 is 0 Å². The Hall–Kier alpha value is -2.23. The number of carboxylic acid groups (broad SMARTS) is 1. The summed E-state index contributed by atoms with van der Waals surface area (Å²) in [7, 11) is 0. The van der Waals surface area contributed by atoms with Crippen LogP contribution in [-0.2, 0) is 9.53 Å². The lowest BCUT2D eigenvalue weighted by atomic mass is 10.1. The summed E-state index contributed by atoms with van der Waals surface area (Å²) in [4.78, 5) is 20.6. The van der Waals surface area contributed by atoms with Gasteiger partial charge in [0.2, 0.25) is 5.88 Å². The molecule has 2 aliphatic rings. The van der Waals surface area contributed by atoms with E-state index in [0.29, 0.717) is 13.2 Å². The third-order valence-electron chi connectivity index (χ3n) is 3.80. The standard InChI is InChI=1S/C16H14BrN3O2S.C2H4O2/c17-11-1-2-13-12(8-11)10(9-18-13)7-14-15(21)19-16(23-14)20-3-5-22-6-4-20;1-2(3)4/h1-2,7-9,21H,3-6H2;1H3,(H,3,4)/b10-7+;. The largest absolute Gasteiger partial charge is 0.492 e. The maximum absolute atomic E-state index is 10.2. The topological polar surface area (TPSA) is 95.2 Å². The van der Waals surface area contributed by atoms with Gasteiger partial charge in [-0.05, 0) is 24.3 Å². The number of aliphatic imine (C=N–C) groups is 1. The fourth-order valence-electron chi connectivity index (χ4n) is 2.61. The van der Waals surface area contributed by atoms with Crippen molar-refractivity contribution in [2.75, 3.05) is 31.2 Å². The van der Waals surface area contributed by atoms with Gasteiger partial charge in [-0.25, -0.2) is 0 Å². The van der Waals surface area contributed by atoms with Crippen molar-refractivity contribution in [1.82, 2.24) is 4.98 Å². The highest BCUT2D eigenvalue weighted by Gasteiger charge is 2.19. The number of benzene rings is 1. The summed E-state index contributed by atoms with van der Waals surface area (Å²) in [6, 6.07) is 5.98. The van der Waals surface area contributed by atoms with Crippen molar-refractivity contribution in [3.05, 3.63) is 33.1 Å². The molecular weight excluding hydrogens is 434 g/mol. The molecule has 27 heavy (non-hydrogen) atoms. The molecule has 142 valence electrons. The number of aromatic nitrogens is 1. The number of carboxylic acids is 1. The summed E-state index contributed by atoms with van der Waals surface area (Å²) in [5.74, 6) is -0.763. The third kappa shape index (κ3) is 4.94. The highest BCUT2D eigenvalue weighted by atomic mass is 79.9. The Morgan fingerprint density at radius 2 is 2.07 bits per heavy atom. The molecule has 7 nitrogen and oxygen atoms in total. The molecule has 0 amide bonds. The highest BCUT2D eigenvalue weighted by molar-refractivity contribution is 9.10. The molecule has 0 atom stereocenters. The Morgan fingerprint density at radius 1 is 1.37 bits per heavy atom. The number of fused-ring (bicyclic) bond motifs is 1. The average molecular weight is 452 g/mol. The number of ether oxygens (including phenoxy) is 1. The summed E-state index contributed by atoms with van der Waals surface area (Å²) < 4.78 is 6.36. The number of rotatable bonds is 2. The Labute approximate surface area is 168 Å². The average Bonchev–Trinajstić information content (AvgIpc) is 3.19. The number of carbonyl (C=O) groups is 1. The van der Waals surface area contributed by atoms with Crippen molar-refractivity contribution in [3.63, 3.8) is 0 Å². The van der Waals surface area contributed by atoms with Crippen LogP contribution in [0.1, 0.15) is 17.4 Å². The van der Waals surface area contributed by atoms with E-state index in [4.69, 9.17) is 14.6 Å². The Kier molecular flexibility index (Phi) is 6.25. The number of aliphatic carboxylic acids is 1. The van der Waals surface area contributed by atoms with Gasteiger partial charge in [0.1, 0.15) is 0 Å². The van der Waals surface area contributed by atoms with Gasteiger partial charge in [0, 0.05) is 41.8 Å². The molecule has 1 saturated heterocycles. The molecule has 3 heterocycles. The Bertz CT molecular complexity index is 900. The summed E-state index contributed by atoms with van der Waals surface area (Å²) in [5.41, 5.74) is 2.98. The van der Waals surface area contributed by atoms with Gasteiger partial charge in [-0.1, -0.05) is 27.3 Å². The molecular formula is C18H18BrN3O4S. The van der Waals surface area contributed by atoms with E-state index in [1.807, 2.05) is 30.5 Å². The molecule has 0 saturated carbocycles. The minimum absolute atomic E-state index is 0.0702. The molecule has 0 bridgehead atoms. The van der Waals surface area contributed by atoms with E-state index in [9.17, 15) is 5.11 Å². The maximum atomic E-state index is 10.2. The smallest absolute Gasteiger partial charge is 0.300 e. The fourth-order valence-corrected chi connectivity index (χ4v) is 3.94. The summed E-state index contributed by atoms with van der Waals surface area (Å²) in [6.07, 6.45) is 3.77. The predicted octanol–water partition coefficient (Wildman–Crippen LogP) is 3.80. The van der Waals surface area contributed by atoms with E-state index < -0.39 is 5.97 Å². The number of allylic oxidation sites excluding steroid dienone is 1. The molecule has 2 N–H and O–H groups in total. The van der Waals surface area contributed by atoms with Gasteiger partial charge in [0.05, 0.1) is 23.8 Å². The molecule has 2 aliphatic heterocycles. The van der Waals surface area contributed by atoms with Crippen molar-refractivity contribution >= 4 is 61.9 Å². The van der Waals surface area contributed by atoms with Gasteiger partial charge in [0.25, 0.3) is 5.97 Å². The van der Waals surface area contributed by atoms with Crippen LogP contribution in [-0.4, -0.2) is 53.7 Å². The van der Waals surface area contributed by atoms with Crippen molar-refractivity contribution in [3.8, 4) is 5.88 Å². The first-order chi connectivity index (χ1) is 12.9. The number of morpholine rings is 1. The normalized spacial score (nSPS) is 16.8. The molecule has 0 unspecified atom stereocenters. The van der Waals surface area contributed by atoms with Crippen LogP contribution in [0.5, 0.6) is 5.88 Å². The van der Waals surface area contributed by atoms with Gasteiger partial charge in [-0.2, -0.15) is 4.98 Å². The summed E-state index contributed by atoms with van der Waals surface area (Å²) in [6.45, 7) is 4.09. The van der Waals surface area contributed by atoms with Crippen LogP contribution in [0.25, 0.3) is 11.6 Å². The SMILES string of the molecule is CC(=O)O.Oc1nc(N2CCOCC2)sc1/C=C1\C=Nc2ccc(Br)cc21. The summed E-state index contributed by atoms with van der Waals surface area (Å²) >= 11 is 4.98. The first kappa shape index (κ1) is 19.5. The van der Waals surface area contributed by atoms with E-state index in [0.717, 1.165) is 51.3 Å². The van der Waals surface area contributed by atoms with E-state index in [1.165, 1.54) is 11.3 Å². The predicted molar refractivity (Wildman–Crippen MR) is 110 cm³/mol. The second-order valence-electron chi connectivity index (χ2n) is 5.82. The zero-order valence-corrected chi connectivity index (χ0v) is 17.0. The van der Waals surface area contributed by atoms with Crippen LogP contribution in [0, 0.1) is 0 Å². The number of aromatic hydroxyl groups is 1. The molecule has 1 aromatic carbocycles. The number of nitrogens with zero attached hydrogens (tertiary/aromatic N) is 3. The minimum Gasteiger partial charge on any atom is -0.492 e. The van der Waals surface area contributed by atoms with Gasteiger partial charge in [0.15, 0.2) is 5.13 Å². The number of halogens is 1. The number of thiazole rings is 1. The second-order valence-corrected chi connectivity index (χ2v) is 7.75. The molecule has 4 rings (SSSR count). The van der Waals surface area contributed by atoms with E-state index >= 15 is 0 Å². The Morgan fingerprint density at radius 3 is 2.78 bits per heavy atom. The molecule has 0 spiro atoms. The van der Waals surface area contributed by atoms with Crippen molar-refractivity contribution in [2.45, 2.75) is 6.92 Å². The van der Waals surface area contributed by atoms with Gasteiger partial charge in [-0.3, -0.25) is 9.79 Å². The quantitative estimate of drug-likeness (QED) is 0.720. The molecule has 2 aromatic rings. The van der Waals surface area contributed by atoms with Crippen LogP contribution < -0.4 is 4.90 Å². The lowest BCUT2D eigenvalue weighted by Gasteiger charge is -2.25. The second kappa shape index (κ2) is 8.64. The van der Waals surface area contributed by atoms with Crippen molar-refractivity contribution in [2.24, 2.45) is 4.99 Å². The highest BCUT2D eigenvalue weighted by Crippen LogP contribution is 2.38. The number of anilines is 1. The fraction of sp³-hybridized carbons (Fsp3) is 0.278. The van der Waals surface area contributed by atoms with Crippen molar-refractivity contribution in [1.29, 1.82) is 0 Å². The molecule has 9 heteroatoms. The zero-order valence-electron chi connectivity index (χ0n) is 14.6. The van der Waals surface area contributed by atoms with Gasteiger partial charge < -0.3 is 19.8 Å². The third-order valence-corrected chi connectivity index (χ3v) is 5.35. The van der Waals surface area contributed by atoms with Crippen molar-refractivity contribution < 1.29 is 19.7 Å². The van der Waals surface area contributed by atoms with Crippen LogP contribution in [0.2, 0.25) is 0 Å². The lowest BCUT2D eigenvalue weighted by Crippen LogP contribution is -2.36. The first-order valence-corrected chi connectivity index (χ1v) is 9.82. The van der Waals surface area contributed by atoms with E-state index in [1.54, 1.807) is 0 Å². The molecule has 0 aliphatic carbocycles. The first-order valence-electron chi connectivity index (χ1n) is 8.22. The van der Waals surface area contributed by atoms with Crippen LogP contribution in [0.15, 0.2) is 27.7 Å². The van der Waals surface area contributed by atoms with E-state index in [-0.39, 0.29) is 5.88 Å². The minimum atomic E-state index is -0.833. The van der Waals surface area contributed by atoms with Crippen LogP contribution in [0.3, 0.4) is 0 Å². The molecule has 0 radical (unpaired) electrons. The number of hydrogen-bond acceptors (Lipinski definition) is 7. The monoisotopic (exact) mass is 451 g/mol. The summed E-state index contributed by atoms with van der Waals surface area (Å²) in [5, 5.41) is 18.4. The maximum Gasteiger partial charge on any atom is 0.300 e. The molecule has 1 fully saturated rings. The van der Waals surface area contributed by atoms with Gasteiger partial charge in [-0.15, -0.1) is 0 Å². The van der Waals surface area contributed by atoms with E-state index in [2.05, 4.69) is 30.8 Å². The van der Waals surface area contributed by atoms with Crippen LogP contribution in [0.4, 0.5) is 10.8 Å². The number of hydrogen-bond donors (Lipinski definition) is 2. The zero-order chi connectivity index (χ0) is 19.4. The van der Waals surface area contributed by atoms with Crippen LogP contribution >= 0.6 is 27.3 Å². The Balaban J connectivity index is 0.000000481. The lowest BCUT2D eigenvalue weighted by molar-refractivity contribution is -0.134.